The van der Waals surface area contributed by atoms with Crippen LogP contribution in [0.15, 0.2) is 65.7 Å². The molecule has 0 aliphatic rings. The van der Waals surface area contributed by atoms with E-state index in [4.69, 9.17) is 9.47 Å². The monoisotopic (exact) mass is 412 g/mol. The van der Waals surface area contributed by atoms with Crippen LogP contribution in [0.3, 0.4) is 0 Å². The van der Waals surface area contributed by atoms with Crippen LogP contribution < -0.4 is 0 Å². The number of nitro groups is 1. The number of aliphatic imine (C=N–C) groups is 1. The number of rotatable bonds is 10. The summed E-state index contributed by atoms with van der Waals surface area (Å²) in [4.78, 5) is 41.5. The Morgan fingerprint density at radius 3 is 1.97 bits per heavy atom. The Bertz CT molecular complexity index is 865. The van der Waals surface area contributed by atoms with Crippen molar-refractivity contribution in [2.24, 2.45) is 4.99 Å². The third kappa shape index (κ3) is 5.28. The lowest BCUT2D eigenvalue weighted by Crippen LogP contribution is -2.54. The van der Waals surface area contributed by atoms with E-state index in [-0.39, 0.29) is 13.2 Å². The molecule has 0 aliphatic carbocycles. The molecule has 0 N–H and O–H groups in total. The molecule has 0 bridgehead atoms. The Kier molecular flexibility index (Phi) is 8.22. The minimum Gasteiger partial charge on any atom is -0.464 e. The topological polar surface area (TPSA) is 108 Å². The predicted molar refractivity (Wildman–Crippen MR) is 111 cm³/mol. The maximum atomic E-state index is 13.1. The van der Waals surface area contributed by atoms with Crippen LogP contribution >= 0.6 is 0 Å². The van der Waals surface area contributed by atoms with Gasteiger partial charge in [-0.25, -0.2) is 9.59 Å². The van der Waals surface area contributed by atoms with Crippen LogP contribution in [0.2, 0.25) is 0 Å². The highest BCUT2D eigenvalue weighted by atomic mass is 16.6. The summed E-state index contributed by atoms with van der Waals surface area (Å²) in [6.45, 7) is 2.40. The molecule has 0 aromatic heterocycles. The number of hydrogen-bond donors (Lipinski definition) is 0. The Balaban J connectivity index is 2.74. The van der Waals surface area contributed by atoms with Gasteiger partial charge in [0.2, 0.25) is 6.54 Å². The molecule has 2 aromatic carbocycles. The molecule has 2 rings (SSSR count). The van der Waals surface area contributed by atoms with E-state index >= 15 is 0 Å². The fraction of sp³-hybridized carbons (Fsp3) is 0.318. The van der Waals surface area contributed by atoms with Crippen molar-refractivity contribution >= 4 is 18.2 Å². The molecule has 158 valence electrons. The van der Waals surface area contributed by atoms with Crippen molar-refractivity contribution in [3.63, 3.8) is 0 Å². The average molecular weight is 412 g/mol. The van der Waals surface area contributed by atoms with Gasteiger partial charge in [0.25, 0.3) is 5.54 Å². The van der Waals surface area contributed by atoms with Gasteiger partial charge in [0.15, 0.2) is 0 Å². The van der Waals surface area contributed by atoms with Crippen LogP contribution in [0.5, 0.6) is 0 Å². The van der Waals surface area contributed by atoms with Crippen LogP contribution in [0.4, 0.5) is 0 Å². The zero-order valence-corrected chi connectivity index (χ0v) is 16.9. The minimum atomic E-state index is -2.27. The Hall–Kier alpha value is -3.55. The summed E-state index contributed by atoms with van der Waals surface area (Å²) in [7, 11) is 0. The molecule has 0 saturated heterocycles. The van der Waals surface area contributed by atoms with Crippen molar-refractivity contribution in [2.45, 2.75) is 25.3 Å². The lowest BCUT2D eigenvalue weighted by atomic mass is 9.79. The van der Waals surface area contributed by atoms with Gasteiger partial charge in [-0.3, -0.25) is 15.1 Å². The van der Waals surface area contributed by atoms with E-state index < -0.39 is 34.9 Å². The summed E-state index contributed by atoms with van der Waals surface area (Å²) in [6.07, 6.45) is 1.34. The van der Waals surface area contributed by atoms with Gasteiger partial charge in [0.05, 0.1) is 19.1 Å². The van der Waals surface area contributed by atoms with Gasteiger partial charge < -0.3 is 9.47 Å². The Morgan fingerprint density at radius 1 is 1.00 bits per heavy atom. The molecule has 0 aliphatic heterocycles. The summed E-state index contributed by atoms with van der Waals surface area (Å²) in [5.74, 6) is -3.22. The second-order valence-corrected chi connectivity index (χ2v) is 6.35. The van der Waals surface area contributed by atoms with E-state index in [2.05, 4.69) is 4.99 Å². The molecule has 1 atom stereocenters. The van der Waals surface area contributed by atoms with Gasteiger partial charge in [0.1, 0.15) is 0 Å². The molecule has 2 aromatic rings. The van der Waals surface area contributed by atoms with Gasteiger partial charge in [-0.1, -0.05) is 60.7 Å². The summed E-state index contributed by atoms with van der Waals surface area (Å²) < 4.78 is 10.3. The lowest BCUT2D eigenvalue weighted by molar-refractivity contribution is -0.484. The van der Waals surface area contributed by atoms with Crippen LogP contribution in [-0.2, 0) is 19.1 Å². The molecule has 0 amide bonds. The summed E-state index contributed by atoms with van der Waals surface area (Å²) in [5, 5.41) is 11.5. The molecule has 30 heavy (non-hydrogen) atoms. The molecular formula is C22H24N2O6. The summed E-state index contributed by atoms with van der Waals surface area (Å²) in [6, 6.07) is 17.1. The van der Waals surface area contributed by atoms with Gasteiger partial charge in [0, 0.05) is 11.1 Å². The molecule has 8 heteroatoms. The van der Waals surface area contributed by atoms with Gasteiger partial charge in [-0.2, -0.15) is 0 Å². The first-order valence-electron chi connectivity index (χ1n) is 9.57. The normalized spacial score (nSPS) is 12.3. The van der Waals surface area contributed by atoms with E-state index in [1.165, 1.54) is 6.21 Å². The number of esters is 2. The third-order valence-electron chi connectivity index (χ3n) is 4.43. The van der Waals surface area contributed by atoms with Crippen molar-refractivity contribution in [3.05, 3.63) is 81.9 Å². The first-order chi connectivity index (χ1) is 14.5. The highest BCUT2D eigenvalue weighted by Gasteiger charge is 2.57. The first-order valence-corrected chi connectivity index (χ1v) is 9.57. The standard InChI is InChI=1S/C22H24N2O6/c1-3-29-20(25)22(21(26)30-4-2,23-15-17-11-7-5-8-12-17)19(16-24(27)28)18-13-9-6-10-14-18/h5-15,19H,3-4,16H2,1-2H3/t19-/m0/s1. The fourth-order valence-corrected chi connectivity index (χ4v) is 3.07. The lowest BCUT2D eigenvalue weighted by Gasteiger charge is -2.31. The van der Waals surface area contributed by atoms with Crippen molar-refractivity contribution < 1.29 is 24.0 Å². The van der Waals surface area contributed by atoms with E-state index in [1.807, 2.05) is 0 Å². The van der Waals surface area contributed by atoms with Gasteiger partial charge in [-0.05, 0) is 25.0 Å². The molecule has 0 unspecified atom stereocenters. The van der Waals surface area contributed by atoms with Crippen molar-refractivity contribution in [1.82, 2.24) is 0 Å². The zero-order chi connectivity index (χ0) is 22.0. The molecule has 0 heterocycles. The van der Waals surface area contributed by atoms with E-state index in [1.54, 1.807) is 74.5 Å². The van der Waals surface area contributed by atoms with Gasteiger partial charge in [-0.15, -0.1) is 0 Å². The minimum absolute atomic E-state index is 0.0270. The van der Waals surface area contributed by atoms with Crippen LogP contribution in [0.25, 0.3) is 0 Å². The highest BCUT2D eigenvalue weighted by Crippen LogP contribution is 2.35. The molecular weight excluding hydrogens is 388 g/mol. The zero-order valence-electron chi connectivity index (χ0n) is 16.9. The maximum Gasteiger partial charge on any atom is 0.346 e. The number of nitrogens with zero attached hydrogens (tertiary/aromatic N) is 2. The van der Waals surface area contributed by atoms with E-state index in [9.17, 15) is 19.7 Å². The fourth-order valence-electron chi connectivity index (χ4n) is 3.07. The van der Waals surface area contributed by atoms with Crippen LogP contribution in [0, 0.1) is 10.1 Å². The molecule has 0 saturated carbocycles. The average Bonchev–Trinajstić information content (AvgIpc) is 2.75. The summed E-state index contributed by atoms with van der Waals surface area (Å²) in [5.41, 5.74) is -1.25. The maximum absolute atomic E-state index is 13.1. The largest absolute Gasteiger partial charge is 0.464 e. The molecule has 8 nitrogen and oxygen atoms in total. The van der Waals surface area contributed by atoms with Crippen LogP contribution in [0.1, 0.15) is 30.9 Å². The van der Waals surface area contributed by atoms with E-state index in [0.29, 0.717) is 11.1 Å². The number of carbonyl (C=O) groups excluding carboxylic acids is 2. The van der Waals surface area contributed by atoms with Crippen molar-refractivity contribution in [3.8, 4) is 0 Å². The second kappa shape index (κ2) is 10.8. The number of carbonyl (C=O) groups is 2. The number of ether oxygens (including phenoxy) is 2. The quantitative estimate of drug-likeness (QED) is 0.195. The number of hydrogen-bond acceptors (Lipinski definition) is 7. The molecule has 0 radical (unpaired) electrons. The molecule has 0 spiro atoms. The van der Waals surface area contributed by atoms with Crippen LogP contribution in [-0.4, -0.2) is 48.4 Å². The van der Waals surface area contributed by atoms with Gasteiger partial charge >= 0.3 is 11.9 Å². The molecule has 0 fully saturated rings. The Morgan fingerprint density at radius 2 is 1.50 bits per heavy atom. The van der Waals surface area contributed by atoms with Crippen molar-refractivity contribution in [1.29, 1.82) is 0 Å². The first kappa shape index (κ1) is 22.7. The smallest absolute Gasteiger partial charge is 0.346 e. The van der Waals surface area contributed by atoms with E-state index in [0.717, 1.165) is 0 Å². The highest BCUT2D eigenvalue weighted by molar-refractivity contribution is 6.08. The second-order valence-electron chi connectivity index (χ2n) is 6.35. The SMILES string of the molecule is CCOC(=O)C(N=Cc1ccccc1)(C(=O)OCC)[C@@H](C[N+](=O)[O-])c1ccccc1. The number of benzene rings is 2. The predicted octanol–water partition coefficient (Wildman–Crippen LogP) is 3.03. The van der Waals surface area contributed by atoms with Crippen molar-refractivity contribution in [2.75, 3.05) is 19.8 Å². The third-order valence-corrected chi connectivity index (χ3v) is 4.43. The summed E-state index contributed by atoms with van der Waals surface area (Å²) >= 11 is 0. The Labute approximate surface area is 174 Å².